The molecule has 0 fully saturated rings. The first-order valence-electron chi connectivity index (χ1n) is 6.61. The lowest BCUT2D eigenvalue weighted by atomic mass is 9.99. The molecule has 1 aromatic heterocycles. The standard InChI is InChI=1S/C15H17N3O3/c1-15(2)17-11-6-12(20-4)10(13-7-16-8-21-13)5-9(11)14(19)18(15)3/h5-8,17H,1-4H3. The highest BCUT2D eigenvalue weighted by Crippen LogP contribution is 2.39. The molecular weight excluding hydrogens is 270 g/mol. The second-order valence-corrected chi connectivity index (χ2v) is 5.51. The molecule has 3 rings (SSSR count). The maximum absolute atomic E-state index is 12.6. The molecule has 0 saturated heterocycles. The minimum atomic E-state index is -0.456. The molecule has 110 valence electrons. The van der Waals surface area contributed by atoms with Crippen molar-refractivity contribution in [1.82, 2.24) is 9.88 Å². The maximum atomic E-state index is 12.6. The average molecular weight is 287 g/mol. The minimum Gasteiger partial charge on any atom is -0.496 e. The lowest BCUT2D eigenvalue weighted by molar-refractivity contribution is 0.0648. The Bertz CT molecular complexity index is 692. The molecule has 0 bridgehead atoms. The number of carbonyl (C=O) groups excluding carboxylic acids is 1. The molecule has 6 nitrogen and oxygen atoms in total. The van der Waals surface area contributed by atoms with Crippen LogP contribution in [0.1, 0.15) is 24.2 Å². The maximum Gasteiger partial charge on any atom is 0.257 e. The van der Waals surface area contributed by atoms with E-state index in [0.29, 0.717) is 22.6 Å². The van der Waals surface area contributed by atoms with Gasteiger partial charge in [-0.05, 0) is 19.9 Å². The van der Waals surface area contributed by atoms with Crippen LogP contribution in [0.5, 0.6) is 5.75 Å². The number of nitrogens with zero attached hydrogens (tertiary/aromatic N) is 2. The number of rotatable bonds is 2. The van der Waals surface area contributed by atoms with Crippen LogP contribution < -0.4 is 10.1 Å². The molecular formula is C15H17N3O3. The predicted octanol–water partition coefficient (Wildman–Crippen LogP) is 2.58. The number of aromatic nitrogens is 1. The molecule has 0 unspecified atom stereocenters. The fourth-order valence-corrected chi connectivity index (χ4v) is 2.42. The molecule has 0 spiro atoms. The second-order valence-electron chi connectivity index (χ2n) is 5.51. The molecule has 1 N–H and O–H groups in total. The predicted molar refractivity (Wildman–Crippen MR) is 78.3 cm³/mol. The average Bonchev–Trinajstić information content (AvgIpc) is 2.97. The van der Waals surface area contributed by atoms with Crippen LogP contribution in [0.25, 0.3) is 11.3 Å². The van der Waals surface area contributed by atoms with E-state index in [-0.39, 0.29) is 5.91 Å². The minimum absolute atomic E-state index is 0.0443. The topological polar surface area (TPSA) is 67.6 Å². The highest BCUT2D eigenvalue weighted by atomic mass is 16.5. The van der Waals surface area contributed by atoms with Gasteiger partial charge in [0.05, 0.1) is 30.1 Å². The van der Waals surface area contributed by atoms with Crippen LogP contribution in [0.4, 0.5) is 5.69 Å². The van der Waals surface area contributed by atoms with Gasteiger partial charge in [-0.3, -0.25) is 4.79 Å². The van der Waals surface area contributed by atoms with Crippen LogP contribution >= 0.6 is 0 Å². The summed E-state index contributed by atoms with van der Waals surface area (Å²) in [5.41, 5.74) is 1.59. The van der Waals surface area contributed by atoms with Crippen molar-refractivity contribution in [3.05, 3.63) is 30.3 Å². The Morgan fingerprint density at radius 1 is 1.33 bits per heavy atom. The van der Waals surface area contributed by atoms with Crippen molar-refractivity contribution in [2.75, 3.05) is 19.5 Å². The number of oxazole rings is 1. The molecule has 0 aliphatic carbocycles. The van der Waals surface area contributed by atoms with Gasteiger partial charge in [-0.15, -0.1) is 0 Å². The molecule has 0 atom stereocenters. The van der Waals surface area contributed by atoms with Gasteiger partial charge in [0.2, 0.25) is 0 Å². The SMILES string of the molecule is COc1cc2c(cc1-c1cnco1)C(=O)N(C)C(C)(C)N2. The molecule has 2 aromatic rings. The molecule has 2 heterocycles. The number of benzene rings is 1. The smallest absolute Gasteiger partial charge is 0.257 e. The van der Waals surface area contributed by atoms with Crippen molar-refractivity contribution in [1.29, 1.82) is 0 Å². The van der Waals surface area contributed by atoms with Crippen molar-refractivity contribution >= 4 is 11.6 Å². The van der Waals surface area contributed by atoms with Gasteiger partial charge in [0.25, 0.3) is 5.91 Å². The van der Waals surface area contributed by atoms with E-state index >= 15 is 0 Å². The third-order valence-electron chi connectivity index (χ3n) is 3.85. The van der Waals surface area contributed by atoms with E-state index in [1.807, 2.05) is 19.9 Å². The van der Waals surface area contributed by atoms with E-state index < -0.39 is 5.66 Å². The Balaban J connectivity index is 2.19. The number of hydrogen-bond acceptors (Lipinski definition) is 5. The molecule has 1 aliphatic heterocycles. The lowest BCUT2D eigenvalue weighted by Crippen LogP contribution is -2.54. The molecule has 21 heavy (non-hydrogen) atoms. The zero-order valence-electron chi connectivity index (χ0n) is 12.4. The van der Waals surface area contributed by atoms with E-state index in [0.717, 1.165) is 5.69 Å². The summed E-state index contributed by atoms with van der Waals surface area (Å²) >= 11 is 0. The zero-order valence-corrected chi connectivity index (χ0v) is 12.4. The van der Waals surface area contributed by atoms with E-state index in [9.17, 15) is 4.79 Å². The van der Waals surface area contributed by atoms with Gasteiger partial charge in [0, 0.05) is 13.1 Å². The number of anilines is 1. The van der Waals surface area contributed by atoms with Crippen molar-refractivity contribution in [3.63, 3.8) is 0 Å². The zero-order chi connectivity index (χ0) is 15.2. The van der Waals surface area contributed by atoms with Gasteiger partial charge in [-0.1, -0.05) is 0 Å². The summed E-state index contributed by atoms with van der Waals surface area (Å²) in [5, 5.41) is 3.34. The summed E-state index contributed by atoms with van der Waals surface area (Å²) in [7, 11) is 3.36. The number of amides is 1. The van der Waals surface area contributed by atoms with E-state index in [4.69, 9.17) is 9.15 Å². The van der Waals surface area contributed by atoms with Gasteiger partial charge in [-0.2, -0.15) is 0 Å². The number of carbonyl (C=O) groups is 1. The lowest BCUT2D eigenvalue weighted by Gasteiger charge is -2.42. The summed E-state index contributed by atoms with van der Waals surface area (Å²) in [4.78, 5) is 18.1. The van der Waals surface area contributed by atoms with Gasteiger partial charge < -0.3 is 19.4 Å². The number of nitrogens with one attached hydrogen (secondary N) is 1. The highest BCUT2D eigenvalue weighted by molar-refractivity contribution is 6.03. The van der Waals surface area contributed by atoms with Crippen molar-refractivity contribution < 1.29 is 13.9 Å². The van der Waals surface area contributed by atoms with E-state index in [1.54, 1.807) is 31.3 Å². The van der Waals surface area contributed by atoms with Gasteiger partial charge in [-0.25, -0.2) is 4.98 Å². The summed E-state index contributed by atoms with van der Waals surface area (Å²) in [5.74, 6) is 1.15. The third-order valence-corrected chi connectivity index (χ3v) is 3.85. The van der Waals surface area contributed by atoms with E-state index in [1.165, 1.54) is 6.39 Å². The largest absolute Gasteiger partial charge is 0.496 e. The van der Waals surface area contributed by atoms with E-state index in [2.05, 4.69) is 10.3 Å². The Morgan fingerprint density at radius 2 is 2.10 bits per heavy atom. The summed E-state index contributed by atoms with van der Waals surface area (Å²) in [6.45, 7) is 3.90. The quantitative estimate of drug-likeness (QED) is 0.919. The highest BCUT2D eigenvalue weighted by Gasteiger charge is 2.36. The van der Waals surface area contributed by atoms with Crippen LogP contribution in [0.3, 0.4) is 0 Å². The van der Waals surface area contributed by atoms with Crippen LogP contribution in [-0.4, -0.2) is 35.6 Å². The van der Waals surface area contributed by atoms with Crippen LogP contribution in [0.2, 0.25) is 0 Å². The number of fused-ring (bicyclic) bond motifs is 1. The Labute approximate surface area is 122 Å². The number of hydrogen-bond donors (Lipinski definition) is 1. The van der Waals surface area contributed by atoms with Crippen LogP contribution in [0, 0.1) is 0 Å². The van der Waals surface area contributed by atoms with Crippen LogP contribution in [-0.2, 0) is 0 Å². The first-order valence-corrected chi connectivity index (χ1v) is 6.61. The Hall–Kier alpha value is -2.50. The molecule has 6 heteroatoms. The third kappa shape index (κ3) is 2.03. The molecule has 1 amide bonds. The van der Waals surface area contributed by atoms with Crippen molar-refractivity contribution in [3.8, 4) is 17.1 Å². The van der Waals surface area contributed by atoms with Gasteiger partial charge >= 0.3 is 0 Å². The summed E-state index contributed by atoms with van der Waals surface area (Å²) < 4.78 is 10.7. The fourth-order valence-electron chi connectivity index (χ4n) is 2.42. The second kappa shape index (κ2) is 4.51. The number of ether oxygens (including phenoxy) is 1. The summed E-state index contributed by atoms with van der Waals surface area (Å²) in [6.07, 6.45) is 2.95. The van der Waals surface area contributed by atoms with Crippen molar-refractivity contribution in [2.45, 2.75) is 19.5 Å². The van der Waals surface area contributed by atoms with Gasteiger partial charge in [0.1, 0.15) is 11.4 Å². The summed E-state index contributed by atoms with van der Waals surface area (Å²) in [6, 6.07) is 3.59. The Morgan fingerprint density at radius 3 is 2.71 bits per heavy atom. The van der Waals surface area contributed by atoms with Crippen LogP contribution in [0.15, 0.2) is 29.1 Å². The number of methoxy groups -OCH3 is 1. The molecule has 1 aliphatic rings. The first kappa shape index (κ1) is 13.5. The monoisotopic (exact) mass is 287 g/mol. The normalized spacial score (nSPS) is 16.4. The van der Waals surface area contributed by atoms with Gasteiger partial charge in [0.15, 0.2) is 12.2 Å². The molecule has 1 aromatic carbocycles. The van der Waals surface area contributed by atoms with Crippen molar-refractivity contribution in [2.24, 2.45) is 0 Å². The fraction of sp³-hybridized carbons (Fsp3) is 0.333. The Kier molecular flexibility index (Phi) is 2.90. The molecule has 0 saturated carbocycles. The first-order chi connectivity index (χ1) is 9.94. The molecule has 0 radical (unpaired) electrons.